The number of hydrogen-bond acceptors (Lipinski definition) is 0. The average molecular weight is 198 g/mol. The predicted octanol–water partition coefficient (Wildman–Crippen LogP) is 5.28. The van der Waals surface area contributed by atoms with Crippen LogP contribution in [-0.2, 0) is 0 Å². The van der Waals surface area contributed by atoms with Crippen LogP contribution >= 0.6 is 0 Å². The lowest BCUT2D eigenvalue weighted by atomic mass is 9.48. The van der Waals surface area contributed by atoms with E-state index in [-0.39, 0.29) is 0 Å². The van der Waals surface area contributed by atoms with Crippen molar-refractivity contribution in [1.82, 2.24) is 0 Å². The molecular weight excluding hydrogens is 168 g/mol. The lowest BCUT2D eigenvalue weighted by Gasteiger charge is -2.57. The average Bonchev–Trinajstić information content (AvgIpc) is 2.01. The van der Waals surface area contributed by atoms with Crippen molar-refractivity contribution in [3.63, 3.8) is 0 Å². The first-order chi connectivity index (χ1) is 6.21. The molecule has 86 valence electrons. The van der Waals surface area contributed by atoms with Gasteiger partial charge < -0.3 is 0 Å². The third kappa shape index (κ3) is 2.15. The Balaban J connectivity index is 0.000000791. The van der Waals surface area contributed by atoms with Gasteiger partial charge in [0.25, 0.3) is 0 Å². The molecule has 0 bridgehead atoms. The zero-order valence-corrected chi connectivity index (χ0v) is 11.6. The van der Waals surface area contributed by atoms with E-state index in [9.17, 15) is 0 Å². The molecule has 1 aliphatic rings. The standard InChI is InChI=1S/C12H24.C2H6/c1-10(2,3)11(4,5)12(6)8-7-9-12;1-2/h7-9H2,1-6H3;1-2H3. The molecule has 0 amide bonds. The van der Waals surface area contributed by atoms with Crippen molar-refractivity contribution in [1.29, 1.82) is 0 Å². The van der Waals surface area contributed by atoms with Crippen molar-refractivity contribution in [2.24, 2.45) is 16.2 Å². The summed E-state index contributed by atoms with van der Waals surface area (Å²) in [7, 11) is 0. The molecule has 0 aromatic heterocycles. The Bertz CT molecular complexity index is 165. The summed E-state index contributed by atoms with van der Waals surface area (Å²) >= 11 is 0. The minimum absolute atomic E-state index is 0.433. The van der Waals surface area contributed by atoms with Gasteiger partial charge in [0.15, 0.2) is 0 Å². The molecule has 0 aromatic rings. The van der Waals surface area contributed by atoms with E-state index in [1.165, 1.54) is 19.3 Å². The van der Waals surface area contributed by atoms with Crippen molar-refractivity contribution in [2.45, 2.75) is 74.7 Å². The topological polar surface area (TPSA) is 0 Å². The molecule has 1 saturated carbocycles. The SMILES string of the molecule is CC.CC(C)(C)C(C)(C)C1(C)CCC1. The van der Waals surface area contributed by atoms with Crippen LogP contribution in [-0.4, -0.2) is 0 Å². The van der Waals surface area contributed by atoms with E-state index in [0.29, 0.717) is 16.2 Å². The van der Waals surface area contributed by atoms with Gasteiger partial charge in [-0.05, 0) is 29.1 Å². The predicted molar refractivity (Wildman–Crippen MR) is 66.5 cm³/mol. The number of rotatable bonds is 1. The summed E-state index contributed by atoms with van der Waals surface area (Å²) in [6, 6.07) is 0. The van der Waals surface area contributed by atoms with E-state index in [0.717, 1.165) is 0 Å². The Morgan fingerprint density at radius 1 is 0.857 bits per heavy atom. The van der Waals surface area contributed by atoms with Crippen LogP contribution in [0, 0.1) is 16.2 Å². The maximum Gasteiger partial charge on any atom is -0.0252 e. The first-order valence-electron chi connectivity index (χ1n) is 6.21. The van der Waals surface area contributed by atoms with Gasteiger partial charge in [-0.3, -0.25) is 0 Å². The fourth-order valence-corrected chi connectivity index (χ4v) is 2.24. The quantitative estimate of drug-likeness (QED) is 0.538. The second-order valence-electron chi connectivity index (χ2n) is 6.29. The summed E-state index contributed by atoms with van der Waals surface area (Å²) in [5.41, 5.74) is 1.51. The molecule has 0 heterocycles. The molecule has 0 saturated heterocycles. The molecule has 0 spiro atoms. The zero-order chi connectivity index (χ0) is 11.6. The van der Waals surface area contributed by atoms with Crippen molar-refractivity contribution in [3.8, 4) is 0 Å². The highest BCUT2D eigenvalue weighted by molar-refractivity contribution is 5.00. The van der Waals surface area contributed by atoms with Crippen LogP contribution in [0.4, 0.5) is 0 Å². The smallest absolute Gasteiger partial charge is 0.0252 e. The maximum absolute atomic E-state index is 2.46. The molecule has 14 heavy (non-hydrogen) atoms. The Morgan fingerprint density at radius 2 is 1.21 bits per heavy atom. The third-order valence-corrected chi connectivity index (χ3v) is 4.84. The fraction of sp³-hybridized carbons (Fsp3) is 1.00. The van der Waals surface area contributed by atoms with Crippen molar-refractivity contribution < 1.29 is 0 Å². The van der Waals surface area contributed by atoms with Crippen LogP contribution < -0.4 is 0 Å². The lowest BCUT2D eigenvalue weighted by molar-refractivity contribution is -0.0738. The van der Waals surface area contributed by atoms with Crippen LogP contribution in [0.3, 0.4) is 0 Å². The molecule has 1 fully saturated rings. The molecule has 0 atom stereocenters. The van der Waals surface area contributed by atoms with E-state index >= 15 is 0 Å². The largest absolute Gasteiger partial charge is 0.0683 e. The zero-order valence-electron chi connectivity index (χ0n) is 11.6. The first-order valence-corrected chi connectivity index (χ1v) is 6.21. The van der Waals surface area contributed by atoms with Crippen LogP contribution in [0.5, 0.6) is 0 Å². The monoisotopic (exact) mass is 198 g/mol. The van der Waals surface area contributed by atoms with Crippen LogP contribution in [0.2, 0.25) is 0 Å². The third-order valence-electron chi connectivity index (χ3n) is 4.84. The van der Waals surface area contributed by atoms with Gasteiger partial charge in [-0.15, -0.1) is 0 Å². The van der Waals surface area contributed by atoms with E-state index in [2.05, 4.69) is 41.5 Å². The molecular formula is C14H30. The normalized spacial score (nSPS) is 20.6. The van der Waals surface area contributed by atoms with Gasteiger partial charge >= 0.3 is 0 Å². The van der Waals surface area contributed by atoms with Gasteiger partial charge in [-0.1, -0.05) is 61.8 Å². The second-order valence-corrected chi connectivity index (χ2v) is 6.29. The molecule has 0 aromatic carbocycles. The van der Waals surface area contributed by atoms with Crippen LogP contribution in [0.1, 0.15) is 74.7 Å². The van der Waals surface area contributed by atoms with E-state index in [1.54, 1.807) is 0 Å². The van der Waals surface area contributed by atoms with Crippen LogP contribution in [0.25, 0.3) is 0 Å². The fourth-order valence-electron chi connectivity index (χ4n) is 2.24. The molecule has 0 unspecified atom stereocenters. The highest BCUT2D eigenvalue weighted by Crippen LogP contribution is 2.60. The first kappa shape index (κ1) is 14.0. The Hall–Kier alpha value is 0. The van der Waals surface area contributed by atoms with Gasteiger partial charge in [-0.2, -0.15) is 0 Å². The Labute approximate surface area is 91.5 Å². The van der Waals surface area contributed by atoms with Gasteiger partial charge in [0.2, 0.25) is 0 Å². The van der Waals surface area contributed by atoms with Crippen molar-refractivity contribution in [3.05, 3.63) is 0 Å². The molecule has 0 heteroatoms. The molecule has 1 rings (SSSR count). The summed E-state index contributed by atoms with van der Waals surface area (Å²) in [5, 5.41) is 0. The molecule has 1 aliphatic carbocycles. The van der Waals surface area contributed by atoms with Crippen molar-refractivity contribution >= 4 is 0 Å². The van der Waals surface area contributed by atoms with Gasteiger partial charge in [0, 0.05) is 0 Å². The molecule has 0 radical (unpaired) electrons. The van der Waals surface area contributed by atoms with Crippen molar-refractivity contribution in [2.75, 3.05) is 0 Å². The van der Waals surface area contributed by atoms with Crippen LogP contribution in [0.15, 0.2) is 0 Å². The van der Waals surface area contributed by atoms with Gasteiger partial charge in [0.05, 0.1) is 0 Å². The molecule has 0 nitrogen and oxygen atoms in total. The second kappa shape index (κ2) is 4.24. The van der Waals surface area contributed by atoms with E-state index in [4.69, 9.17) is 0 Å². The highest BCUT2D eigenvalue weighted by atomic mass is 14.6. The summed E-state index contributed by atoms with van der Waals surface area (Å²) in [6.07, 6.45) is 4.30. The lowest BCUT2D eigenvalue weighted by Crippen LogP contribution is -2.48. The summed E-state index contributed by atoms with van der Waals surface area (Å²) in [4.78, 5) is 0. The highest BCUT2D eigenvalue weighted by Gasteiger charge is 2.50. The minimum atomic E-state index is 0.433. The van der Waals surface area contributed by atoms with Gasteiger partial charge in [0.1, 0.15) is 0 Å². The minimum Gasteiger partial charge on any atom is -0.0683 e. The Morgan fingerprint density at radius 3 is 1.29 bits per heavy atom. The summed E-state index contributed by atoms with van der Waals surface area (Å²) in [5.74, 6) is 0. The number of hydrogen-bond donors (Lipinski definition) is 0. The van der Waals surface area contributed by atoms with E-state index in [1.807, 2.05) is 13.8 Å². The molecule has 0 aliphatic heterocycles. The molecule has 0 N–H and O–H groups in total. The Kier molecular flexibility index (Phi) is 4.24. The summed E-state index contributed by atoms with van der Waals surface area (Å²) in [6.45, 7) is 18.4. The summed E-state index contributed by atoms with van der Waals surface area (Å²) < 4.78 is 0. The maximum atomic E-state index is 2.46. The van der Waals surface area contributed by atoms with Gasteiger partial charge in [-0.25, -0.2) is 0 Å². The van der Waals surface area contributed by atoms with E-state index < -0.39 is 0 Å².